The van der Waals surface area contributed by atoms with Gasteiger partial charge in [0.15, 0.2) is 5.69 Å². The van der Waals surface area contributed by atoms with Gasteiger partial charge in [0.2, 0.25) is 5.91 Å². The van der Waals surface area contributed by atoms with E-state index in [9.17, 15) is 27.2 Å². The molecule has 2 aromatic heterocycles. The molecule has 0 unspecified atom stereocenters. The van der Waals surface area contributed by atoms with Gasteiger partial charge in [0, 0.05) is 42.8 Å². The molecule has 0 radical (unpaired) electrons. The van der Waals surface area contributed by atoms with Crippen LogP contribution in [0.5, 0.6) is 0 Å². The Labute approximate surface area is 238 Å². The van der Waals surface area contributed by atoms with E-state index in [1.807, 2.05) is 36.1 Å². The van der Waals surface area contributed by atoms with Crippen molar-refractivity contribution in [2.45, 2.75) is 31.5 Å². The van der Waals surface area contributed by atoms with Crippen molar-refractivity contribution >= 4 is 17.5 Å². The van der Waals surface area contributed by atoms with Crippen molar-refractivity contribution < 1.29 is 27.2 Å². The maximum Gasteiger partial charge on any atom is 0.419 e. The summed E-state index contributed by atoms with van der Waals surface area (Å²) >= 11 is 0. The Kier molecular flexibility index (Phi) is 6.71. The number of piperidine rings is 1. The monoisotopic (exact) mass is 578 g/mol. The summed E-state index contributed by atoms with van der Waals surface area (Å²) in [4.78, 5) is 34.3. The number of carbonyl (C=O) groups is 2. The quantitative estimate of drug-likeness (QED) is 0.346. The van der Waals surface area contributed by atoms with Gasteiger partial charge in [-0.2, -0.15) is 18.3 Å². The van der Waals surface area contributed by atoms with E-state index in [0.717, 1.165) is 23.4 Å². The number of aromatic nitrogens is 3. The van der Waals surface area contributed by atoms with Crippen LogP contribution in [-0.2, 0) is 11.0 Å². The van der Waals surface area contributed by atoms with Gasteiger partial charge in [-0.1, -0.05) is 17.7 Å². The van der Waals surface area contributed by atoms with Gasteiger partial charge in [-0.25, -0.2) is 9.07 Å². The number of pyridine rings is 1. The maximum atomic E-state index is 14.5. The van der Waals surface area contributed by atoms with Crippen molar-refractivity contribution in [3.05, 3.63) is 95.7 Å². The number of alkyl halides is 3. The molecule has 1 spiro atoms. The number of hydrogen-bond donors (Lipinski definition) is 1. The molecule has 2 aliphatic rings. The second-order valence-electron chi connectivity index (χ2n) is 10.5. The fourth-order valence-corrected chi connectivity index (χ4v) is 5.67. The highest BCUT2D eigenvalue weighted by atomic mass is 19.4. The minimum atomic E-state index is -4.85. The molecule has 2 aliphatic heterocycles. The average molecular weight is 579 g/mol. The van der Waals surface area contributed by atoms with Crippen LogP contribution in [0, 0.1) is 12.7 Å². The van der Waals surface area contributed by atoms with Crippen LogP contribution in [0.4, 0.5) is 23.2 Å². The van der Waals surface area contributed by atoms with Crippen molar-refractivity contribution in [3.8, 4) is 16.9 Å². The molecule has 0 atom stereocenters. The first kappa shape index (κ1) is 27.4. The molecule has 8 nitrogen and oxygen atoms in total. The van der Waals surface area contributed by atoms with Crippen LogP contribution in [-0.4, -0.2) is 56.8 Å². The van der Waals surface area contributed by atoms with Gasteiger partial charge in [-0.3, -0.25) is 14.6 Å². The minimum absolute atomic E-state index is 0.0281. The predicted octanol–water partition coefficient (Wildman–Crippen LogP) is 4.97. The number of nitrogens with one attached hydrogen (secondary N) is 1. The summed E-state index contributed by atoms with van der Waals surface area (Å²) in [5.74, 6) is -1.92. The van der Waals surface area contributed by atoms with E-state index < -0.39 is 29.0 Å². The van der Waals surface area contributed by atoms with Crippen LogP contribution in [0.15, 0.2) is 73.1 Å². The molecule has 2 amide bonds. The van der Waals surface area contributed by atoms with Crippen molar-refractivity contribution in [1.82, 2.24) is 25.0 Å². The van der Waals surface area contributed by atoms with Gasteiger partial charge in [-0.15, -0.1) is 0 Å². The number of halogens is 4. The fraction of sp³-hybridized carbons (Fsp3) is 0.267. The Bertz CT molecular complexity index is 1640. The normalized spacial score (nSPS) is 16.6. The standard InChI is InChI=1S/C30H26F4N6O2/c1-19-2-4-21(5-3-19)39-18-36-28(42)29(39)10-14-38(15-11-29)27(41)25-17-26(20-8-12-35-13-9-20)40(37-25)22-6-7-23(24(31)16-22)30(32,33)34/h2-9,12-13,16-17H,10-11,14-15,18H2,1H3,(H,36,42). The van der Waals surface area contributed by atoms with Crippen molar-refractivity contribution in [3.63, 3.8) is 0 Å². The van der Waals surface area contributed by atoms with Gasteiger partial charge in [-0.05, 0) is 62.2 Å². The third kappa shape index (κ3) is 4.76. The molecular weight excluding hydrogens is 552 g/mol. The van der Waals surface area contributed by atoms with Crippen LogP contribution in [0.1, 0.15) is 34.5 Å². The summed E-state index contributed by atoms with van der Waals surface area (Å²) in [7, 11) is 0. The van der Waals surface area contributed by atoms with Crippen molar-refractivity contribution in [2.24, 2.45) is 0 Å². The summed E-state index contributed by atoms with van der Waals surface area (Å²) in [6.07, 6.45) is -0.990. The zero-order chi connectivity index (χ0) is 29.6. The summed E-state index contributed by atoms with van der Waals surface area (Å²) in [6.45, 7) is 2.95. The van der Waals surface area contributed by atoms with Crippen LogP contribution < -0.4 is 10.2 Å². The molecule has 2 saturated heterocycles. The lowest BCUT2D eigenvalue weighted by molar-refractivity contribution is -0.140. The van der Waals surface area contributed by atoms with Gasteiger partial charge < -0.3 is 15.1 Å². The first-order chi connectivity index (χ1) is 20.1. The van der Waals surface area contributed by atoms with E-state index in [1.165, 1.54) is 23.1 Å². The maximum absolute atomic E-state index is 14.5. The SMILES string of the molecule is Cc1ccc(N2CNC(=O)C23CCN(C(=O)c2cc(-c4ccncc4)n(-c4ccc(C(F)(F)F)c(F)c4)n2)CC3)cc1. The zero-order valence-corrected chi connectivity index (χ0v) is 22.5. The Hall–Kier alpha value is -4.74. The Morgan fingerprint density at radius 1 is 0.952 bits per heavy atom. The number of carbonyl (C=O) groups excluding carboxylic acids is 2. The van der Waals surface area contributed by atoms with E-state index in [2.05, 4.69) is 15.4 Å². The van der Waals surface area contributed by atoms with Gasteiger partial charge in [0.05, 0.1) is 23.6 Å². The van der Waals surface area contributed by atoms with Crippen LogP contribution in [0.25, 0.3) is 16.9 Å². The van der Waals surface area contributed by atoms with Crippen LogP contribution in [0.3, 0.4) is 0 Å². The third-order valence-electron chi connectivity index (χ3n) is 7.97. The Morgan fingerprint density at radius 2 is 1.62 bits per heavy atom. The highest BCUT2D eigenvalue weighted by Gasteiger charge is 2.51. The van der Waals surface area contributed by atoms with Gasteiger partial charge in [0.25, 0.3) is 5.91 Å². The molecular formula is C30H26F4N6O2. The van der Waals surface area contributed by atoms with Crippen molar-refractivity contribution in [1.29, 1.82) is 0 Å². The fourth-order valence-electron chi connectivity index (χ4n) is 5.67. The molecule has 2 fully saturated rings. The lowest BCUT2D eigenvalue weighted by atomic mass is 9.85. The molecule has 0 saturated carbocycles. The topological polar surface area (TPSA) is 83.4 Å². The predicted molar refractivity (Wildman–Crippen MR) is 146 cm³/mol. The van der Waals surface area contributed by atoms with Crippen LogP contribution in [0.2, 0.25) is 0 Å². The molecule has 42 heavy (non-hydrogen) atoms. The number of benzene rings is 2. The highest BCUT2D eigenvalue weighted by molar-refractivity contribution is 5.96. The lowest BCUT2D eigenvalue weighted by Crippen LogP contribution is -2.57. The van der Waals surface area contributed by atoms with E-state index in [4.69, 9.17) is 0 Å². The molecule has 1 N–H and O–H groups in total. The van der Waals surface area contributed by atoms with E-state index in [-0.39, 0.29) is 17.3 Å². The number of rotatable bonds is 4. The number of hydrogen-bond acceptors (Lipinski definition) is 5. The molecule has 0 bridgehead atoms. The molecule has 12 heteroatoms. The highest BCUT2D eigenvalue weighted by Crippen LogP contribution is 2.37. The third-order valence-corrected chi connectivity index (χ3v) is 7.97. The summed E-state index contributed by atoms with van der Waals surface area (Å²) in [6, 6.07) is 15.3. The Morgan fingerprint density at radius 3 is 2.26 bits per heavy atom. The minimum Gasteiger partial charge on any atom is -0.339 e. The van der Waals surface area contributed by atoms with E-state index in [0.29, 0.717) is 49.9 Å². The second kappa shape index (κ2) is 10.3. The lowest BCUT2D eigenvalue weighted by Gasteiger charge is -2.43. The largest absolute Gasteiger partial charge is 0.419 e. The molecule has 2 aromatic carbocycles. The molecule has 6 rings (SSSR count). The second-order valence-corrected chi connectivity index (χ2v) is 10.5. The molecule has 0 aliphatic carbocycles. The summed E-state index contributed by atoms with van der Waals surface area (Å²) in [5, 5.41) is 7.35. The molecule has 4 aromatic rings. The number of anilines is 1. The number of aryl methyl sites for hydroxylation is 1. The van der Waals surface area contributed by atoms with Crippen LogP contribution >= 0.6 is 0 Å². The van der Waals surface area contributed by atoms with E-state index >= 15 is 0 Å². The van der Waals surface area contributed by atoms with E-state index in [1.54, 1.807) is 17.0 Å². The molecule has 4 heterocycles. The summed E-state index contributed by atoms with van der Waals surface area (Å²) < 4.78 is 55.2. The van der Waals surface area contributed by atoms with Gasteiger partial charge >= 0.3 is 6.18 Å². The van der Waals surface area contributed by atoms with Gasteiger partial charge in [0.1, 0.15) is 11.4 Å². The summed E-state index contributed by atoms with van der Waals surface area (Å²) in [5.41, 5.74) is 0.896. The number of likely N-dealkylation sites (tertiary alicyclic amines) is 1. The number of nitrogens with zero attached hydrogens (tertiary/aromatic N) is 5. The molecule has 216 valence electrons. The Balaban J connectivity index is 1.29. The first-order valence-corrected chi connectivity index (χ1v) is 13.4. The number of amides is 2. The van der Waals surface area contributed by atoms with Crippen molar-refractivity contribution in [2.75, 3.05) is 24.7 Å². The zero-order valence-electron chi connectivity index (χ0n) is 22.5. The average Bonchev–Trinajstić information content (AvgIpc) is 3.56. The smallest absolute Gasteiger partial charge is 0.339 e. The first-order valence-electron chi connectivity index (χ1n) is 13.4.